The van der Waals surface area contributed by atoms with Gasteiger partial charge in [-0.25, -0.2) is 4.98 Å². The standard InChI is InChI=1S/C14H22N2O3/c1-2-8-19-12-4-3-7-15-13(12)16-14(11-17)5-9-18-10-6-14/h3-4,7,17H,2,5-6,8-11H2,1H3,(H,15,16). The SMILES string of the molecule is CCCOc1cccnc1NC1(CO)CCOCC1. The van der Waals surface area contributed by atoms with Gasteiger partial charge in [-0.05, 0) is 31.4 Å². The van der Waals surface area contributed by atoms with Crippen LogP contribution < -0.4 is 10.1 Å². The lowest BCUT2D eigenvalue weighted by Gasteiger charge is -2.37. The second kappa shape index (κ2) is 6.73. The molecule has 0 spiro atoms. The molecular formula is C14H22N2O3. The Morgan fingerprint density at radius 1 is 1.47 bits per heavy atom. The number of aliphatic hydroxyl groups is 1. The van der Waals surface area contributed by atoms with Gasteiger partial charge in [-0.15, -0.1) is 0 Å². The fourth-order valence-corrected chi connectivity index (χ4v) is 2.15. The predicted molar refractivity (Wildman–Crippen MR) is 73.5 cm³/mol. The molecule has 0 saturated carbocycles. The molecule has 0 radical (unpaired) electrons. The van der Waals surface area contributed by atoms with Crippen molar-refractivity contribution in [3.8, 4) is 5.75 Å². The van der Waals surface area contributed by atoms with E-state index in [2.05, 4.69) is 17.2 Å². The van der Waals surface area contributed by atoms with Crippen LogP contribution in [0.2, 0.25) is 0 Å². The van der Waals surface area contributed by atoms with Crippen molar-refractivity contribution in [3.63, 3.8) is 0 Å². The molecule has 106 valence electrons. The zero-order valence-corrected chi connectivity index (χ0v) is 11.4. The van der Waals surface area contributed by atoms with E-state index in [1.165, 1.54) is 0 Å². The first kappa shape index (κ1) is 14.1. The topological polar surface area (TPSA) is 63.6 Å². The number of pyridine rings is 1. The van der Waals surface area contributed by atoms with Crippen LogP contribution in [0.3, 0.4) is 0 Å². The maximum atomic E-state index is 9.68. The molecule has 0 unspecified atom stereocenters. The summed E-state index contributed by atoms with van der Waals surface area (Å²) in [5.74, 6) is 1.44. The van der Waals surface area contributed by atoms with Gasteiger partial charge < -0.3 is 19.9 Å². The van der Waals surface area contributed by atoms with Crippen LogP contribution in [0.25, 0.3) is 0 Å². The summed E-state index contributed by atoms with van der Waals surface area (Å²) in [7, 11) is 0. The minimum Gasteiger partial charge on any atom is -0.490 e. The average molecular weight is 266 g/mol. The second-order valence-electron chi connectivity index (χ2n) is 4.87. The first-order chi connectivity index (χ1) is 9.29. The molecule has 5 nitrogen and oxygen atoms in total. The van der Waals surface area contributed by atoms with Gasteiger partial charge >= 0.3 is 0 Å². The van der Waals surface area contributed by atoms with Crippen LogP contribution in [0.1, 0.15) is 26.2 Å². The van der Waals surface area contributed by atoms with Crippen molar-refractivity contribution in [2.75, 3.05) is 31.7 Å². The van der Waals surface area contributed by atoms with Gasteiger partial charge in [0, 0.05) is 19.4 Å². The van der Waals surface area contributed by atoms with Gasteiger partial charge in [0.2, 0.25) is 0 Å². The fourth-order valence-electron chi connectivity index (χ4n) is 2.15. The van der Waals surface area contributed by atoms with Crippen LogP contribution in [0.4, 0.5) is 5.82 Å². The maximum absolute atomic E-state index is 9.68. The second-order valence-corrected chi connectivity index (χ2v) is 4.87. The largest absolute Gasteiger partial charge is 0.490 e. The highest BCUT2D eigenvalue weighted by Crippen LogP contribution is 2.29. The van der Waals surface area contributed by atoms with Crippen molar-refractivity contribution >= 4 is 5.82 Å². The van der Waals surface area contributed by atoms with Crippen LogP contribution in [-0.4, -0.2) is 42.1 Å². The summed E-state index contributed by atoms with van der Waals surface area (Å²) in [4.78, 5) is 4.33. The van der Waals surface area contributed by atoms with Crippen molar-refractivity contribution in [3.05, 3.63) is 18.3 Å². The number of hydrogen-bond donors (Lipinski definition) is 2. The van der Waals surface area contributed by atoms with E-state index in [0.29, 0.717) is 25.6 Å². The molecule has 1 aliphatic rings. The Morgan fingerprint density at radius 2 is 2.26 bits per heavy atom. The summed E-state index contributed by atoms with van der Waals surface area (Å²) in [5, 5.41) is 13.0. The molecule has 1 fully saturated rings. The molecule has 2 heterocycles. The summed E-state index contributed by atoms with van der Waals surface area (Å²) in [5.41, 5.74) is -0.350. The smallest absolute Gasteiger partial charge is 0.169 e. The average Bonchev–Trinajstić information content (AvgIpc) is 2.47. The quantitative estimate of drug-likeness (QED) is 0.822. The number of anilines is 1. The number of aromatic nitrogens is 1. The van der Waals surface area contributed by atoms with Gasteiger partial charge in [-0.1, -0.05) is 6.92 Å². The normalized spacial score (nSPS) is 18.0. The van der Waals surface area contributed by atoms with E-state index in [0.717, 1.165) is 25.0 Å². The Labute approximate surface area is 114 Å². The lowest BCUT2D eigenvalue weighted by Crippen LogP contribution is -2.47. The Kier molecular flexibility index (Phi) is 4.99. The highest BCUT2D eigenvalue weighted by molar-refractivity contribution is 5.51. The highest BCUT2D eigenvalue weighted by Gasteiger charge is 2.32. The van der Waals surface area contributed by atoms with Crippen molar-refractivity contribution < 1.29 is 14.6 Å². The van der Waals surface area contributed by atoms with Gasteiger partial charge in [-0.2, -0.15) is 0 Å². The van der Waals surface area contributed by atoms with Gasteiger partial charge in [0.1, 0.15) is 0 Å². The van der Waals surface area contributed by atoms with E-state index in [1.807, 2.05) is 12.1 Å². The number of rotatable bonds is 6. The molecule has 19 heavy (non-hydrogen) atoms. The van der Waals surface area contributed by atoms with E-state index in [1.54, 1.807) is 6.20 Å². The molecule has 1 aromatic heterocycles. The highest BCUT2D eigenvalue weighted by atomic mass is 16.5. The first-order valence-corrected chi connectivity index (χ1v) is 6.84. The van der Waals surface area contributed by atoms with Crippen LogP contribution in [0.5, 0.6) is 5.75 Å². The summed E-state index contributed by atoms with van der Waals surface area (Å²) >= 11 is 0. The number of ether oxygens (including phenoxy) is 2. The Balaban J connectivity index is 2.12. The van der Waals surface area contributed by atoms with E-state index in [-0.39, 0.29) is 12.1 Å². The third-order valence-corrected chi connectivity index (χ3v) is 3.37. The number of aliphatic hydroxyl groups excluding tert-OH is 1. The minimum absolute atomic E-state index is 0.0696. The Bertz CT molecular complexity index is 392. The molecule has 1 saturated heterocycles. The fraction of sp³-hybridized carbons (Fsp3) is 0.643. The molecule has 2 rings (SSSR count). The van der Waals surface area contributed by atoms with Crippen molar-refractivity contribution in [1.29, 1.82) is 0 Å². The number of nitrogens with zero attached hydrogens (tertiary/aromatic N) is 1. The lowest BCUT2D eigenvalue weighted by molar-refractivity contribution is 0.0377. The molecule has 0 aromatic carbocycles. The summed E-state index contributed by atoms with van der Waals surface area (Å²) in [6.07, 6.45) is 4.22. The maximum Gasteiger partial charge on any atom is 0.169 e. The summed E-state index contributed by atoms with van der Waals surface area (Å²) < 4.78 is 11.0. The molecule has 2 N–H and O–H groups in total. The summed E-state index contributed by atoms with van der Waals surface area (Å²) in [6, 6.07) is 3.75. The molecule has 5 heteroatoms. The third-order valence-electron chi connectivity index (χ3n) is 3.37. The summed E-state index contributed by atoms with van der Waals surface area (Å²) in [6.45, 7) is 4.12. The first-order valence-electron chi connectivity index (χ1n) is 6.84. The van der Waals surface area contributed by atoms with Crippen molar-refractivity contribution in [2.45, 2.75) is 31.7 Å². The molecule has 0 atom stereocenters. The Morgan fingerprint density at radius 3 is 2.95 bits per heavy atom. The minimum atomic E-state index is -0.350. The Hall–Kier alpha value is -1.33. The van der Waals surface area contributed by atoms with Crippen molar-refractivity contribution in [2.24, 2.45) is 0 Å². The zero-order chi connectivity index (χ0) is 13.6. The van der Waals surface area contributed by atoms with E-state index in [9.17, 15) is 5.11 Å². The number of hydrogen-bond acceptors (Lipinski definition) is 5. The molecule has 0 amide bonds. The number of nitrogens with one attached hydrogen (secondary N) is 1. The third kappa shape index (κ3) is 3.58. The van der Waals surface area contributed by atoms with E-state index >= 15 is 0 Å². The van der Waals surface area contributed by atoms with Crippen LogP contribution >= 0.6 is 0 Å². The van der Waals surface area contributed by atoms with Gasteiger partial charge in [-0.3, -0.25) is 0 Å². The van der Waals surface area contributed by atoms with Crippen LogP contribution in [0.15, 0.2) is 18.3 Å². The van der Waals surface area contributed by atoms with Crippen molar-refractivity contribution in [1.82, 2.24) is 4.98 Å². The monoisotopic (exact) mass is 266 g/mol. The van der Waals surface area contributed by atoms with E-state index < -0.39 is 0 Å². The van der Waals surface area contributed by atoms with Gasteiger partial charge in [0.05, 0.1) is 18.8 Å². The van der Waals surface area contributed by atoms with Gasteiger partial charge in [0.25, 0.3) is 0 Å². The van der Waals surface area contributed by atoms with Crippen LogP contribution in [0, 0.1) is 0 Å². The molecule has 0 bridgehead atoms. The van der Waals surface area contributed by atoms with Crippen LogP contribution in [-0.2, 0) is 4.74 Å². The lowest BCUT2D eigenvalue weighted by atomic mass is 9.91. The molecular weight excluding hydrogens is 244 g/mol. The zero-order valence-electron chi connectivity index (χ0n) is 11.4. The molecule has 0 aliphatic carbocycles. The van der Waals surface area contributed by atoms with E-state index in [4.69, 9.17) is 9.47 Å². The van der Waals surface area contributed by atoms with Gasteiger partial charge in [0.15, 0.2) is 11.6 Å². The molecule has 1 aromatic rings. The molecule has 1 aliphatic heterocycles. The predicted octanol–water partition coefficient (Wildman–Crippen LogP) is 1.82.